The van der Waals surface area contributed by atoms with Gasteiger partial charge in [-0.25, -0.2) is 0 Å². The minimum absolute atomic E-state index is 0.557. The van der Waals surface area contributed by atoms with E-state index < -0.39 is 0 Å². The van der Waals surface area contributed by atoms with Crippen molar-refractivity contribution >= 4 is 11.6 Å². The number of halogens is 1. The monoisotopic (exact) mass is 186 g/mol. The first-order chi connectivity index (χ1) is 5.72. The summed E-state index contributed by atoms with van der Waals surface area (Å²) in [7, 11) is 0. The minimum atomic E-state index is 0.557. The zero-order valence-electron chi connectivity index (χ0n) is 7.63. The van der Waals surface area contributed by atoms with Crippen molar-refractivity contribution in [1.82, 2.24) is 9.78 Å². The predicted molar refractivity (Wildman–Crippen MR) is 51.2 cm³/mol. The predicted octanol–water partition coefficient (Wildman–Crippen LogP) is 2.67. The van der Waals surface area contributed by atoms with Crippen molar-refractivity contribution in [2.75, 3.05) is 0 Å². The second kappa shape index (κ2) is 4.51. The fourth-order valence-electron chi connectivity index (χ4n) is 0.988. The average molecular weight is 187 g/mol. The van der Waals surface area contributed by atoms with Crippen LogP contribution in [-0.2, 0) is 12.4 Å². The van der Waals surface area contributed by atoms with Crippen molar-refractivity contribution < 1.29 is 0 Å². The van der Waals surface area contributed by atoms with E-state index in [4.69, 9.17) is 11.6 Å². The van der Waals surface area contributed by atoms with E-state index in [1.165, 1.54) is 6.42 Å². The molecular weight excluding hydrogens is 172 g/mol. The van der Waals surface area contributed by atoms with Gasteiger partial charge < -0.3 is 0 Å². The van der Waals surface area contributed by atoms with Crippen LogP contribution in [0.4, 0.5) is 0 Å². The number of aryl methyl sites for hydroxylation is 1. The lowest BCUT2D eigenvalue weighted by Crippen LogP contribution is -2.01. The highest BCUT2D eigenvalue weighted by Gasteiger charge is 1.98. The number of hydrogen-bond donors (Lipinski definition) is 0. The van der Waals surface area contributed by atoms with Gasteiger partial charge in [0.05, 0.1) is 12.1 Å². The van der Waals surface area contributed by atoms with E-state index >= 15 is 0 Å². The molecule has 0 saturated carbocycles. The van der Waals surface area contributed by atoms with Crippen LogP contribution in [0, 0.1) is 5.92 Å². The maximum atomic E-state index is 5.65. The van der Waals surface area contributed by atoms with E-state index in [0.717, 1.165) is 18.0 Å². The second-order valence-corrected chi connectivity index (χ2v) is 3.70. The first-order valence-corrected chi connectivity index (χ1v) is 4.83. The van der Waals surface area contributed by atoms with E-state index in [1.807, 2.05) is 17.1 Å². The highest BCUT2D eigenvalue weighted by atomic mass is 35.5. The topological polar surface area (TPSA) is 17.8 Å². The molecule has 1 heterocycles. The molecule has 0 aliphatic rings. The summed E-state index contributed by atoms with van der Waals surface area (Å²) in [5.74, 6) is 1.29. The largest absolute Gasteiger partial charge is 0.272 e. The zero-order chi connectivity index (χ0) is 8.97. The fraction of sp³-hybridized carbons (Fsp3) is 0.667. The van der Waals surface area contributed by atoms with Gasteiger partial charge in [-0.2, -0.15) is 5.10 Å². The quantitative estimate of drug-likeness (QED) is 0.662. The number of nitrogens with zero attached hydrogens (tertiary/aromatic N) is 2. The molecule has 68 valence electrons. The van der Waals surface area contributed by atoms with Crippen molar-refractivity contribution in [3.8, 4) is 0 Å². The summed E-state index contributed by atoms with van der Waals surface area (Å²) in [6, 6.07) is 0. The van der Waals surface area contributed by atoms with Gasteiger partial charge in [0.1, 0.15) is 0 Å². The first kappa shape index (κ1) is 9.59. The average Bonchev–Trinajstić information content (AvgIpc) is 2.48. The van der Waals surface area contributed by atoms with Crippen molar-refractivity contribution in [3.63, 3.8) is 0 Å². The second-order valence-electron chi connectivity index (χ2n) is 3.43. The van der Waals surface area contributed by atoms with Crippen LogP contribution in [0.15, 0.2) is 12.4 Å². The molecule has 0 spiro atoms. The Labute approximate surface area is 78.5 Å². The zero-order valence-corrected chi connectivity index (χ0v) is 8.38. The van der Waals surface area contributed by atoms with Gasteiger partial charge in [-0.05, 0) is 12.3 Å². The summed E-state index contributed by atoms with van der Waals surface area (Å²) in [6.07, 6.45) is 5.01. The highest BCUT2D eigenvalue weighted by molar-refractivity contribution is 6.17. The molecule has 0 aromatic carbocycles. The molecule has 2 nitrogen and oxygen atoms in total. The molecule has 3 heteroatoms. The Morgan fingerprint density at radius 1 is 1.58 bits per heavy atom. The molecule has 0 bridgehead atoms. The molecule has 0 unspecified atom stereocenters. The Morgan fingerprint density at radius 2 is 2.33 bits per heavy atom. The lowest BCUT2D eigenvalue weighted by Gasteiger charge is -2.03. The van der Waals surface area contributed by atoms with Gasteiger partial charge in [0.15, 0.2) is 0 Å². The molecule has 0 amide bonds. The third-order valence-electron chi connectivity index (χ3n) is 1.78. The number of hydrogen-bond acceptors (Lipinski definition) is 1. The van der Waals surface area contributed by atoms with Crippen molar-refractivity contribution in [3.05, 3.63) is 18.0 Å². The van der Waals surface area contributed by atoms with Crippen molar-refractivity contribution in [2.45, 2.75) is 32.7 Å². The summed E-state index contributed by atoms with van der Waals surface area (Å²) in [5, 5.41) is 4.19. The molecule has 1 aromatic rings. The molecular formula is C9H15ClN2. The Bertz CT molecular complexity index is 230. The van der Waals surface area contributed by atoms with Gasteiger partial charge in [-0.1, -0.05) is 13.8 Å². The van der Waals surface area contributed by atoms with Crippen molar-refractivity contribution in [2.24, 2.45) is 5.92 Å². The van der Waals surface area contributed by atoms with Crippen LogP contribution in [0.25, 0.3) is 0 Å². The van der Waals surface area contributed by atoms with Crippen LogP contribution in [0.3, 0.4) is 0 Å². The van der Waals surface area contributed by atoms with Crippen LogP contribution >= 0.6 is 11.6 Å². The van der Waals surface area contributed by atoms with E-state index in [1.54, 1.807) is 0 Å². The van der Waals surface area contributed by atoms with Crippen LogP contribution in [0.1, 0.15) is 25.8 Å². The SMILES string of the molecule is CC(C)CCn1cc(CCl)cn1. The van der Waals surface area contributed by atoms with Crippen LogP contribution < -0.4 is 0 Å². The standard InChI is InChI=1S/C9H15ClN2/c1-8(2)3-4-12-7-9(5-10)6-11-12/h6-8H,3-5H2,1-2H3. The third-order valence-corrected chi connectivity index (χ3v) is 2.09. The summed E-state index contributed by atoms with van der Waals surface area (Å²) in [5.41, 5.74) is 1.10. The van der Waals surface area contributed by atoms with Crippen molar-refractivity contribution in [1.29, 1.82) is 0 Å². The van der Waals surface area contributed by atoms with E-state index in [2.05, 4.69) is 18.9 Å². The van der Waals surface area contributed by atoms with Gasteiger partial charge in [-0.3, -0.25) is 4.68 Å². The summed E-state index contributed by atoms with van der Waals surface area (Å²) in [6.45, 7) is 5.42. The molecule has 1 rings (SSSR count). The van der Waals surface area contributed by atoms with Crippen LogP contribution in [0.2, 0.25) is 0 Å². The maximum absolute atomic E-state index is 5.65. The molecule has 0 aliphatic heterocycles. The lowest BCUT2D eigenvalue weighted by molar-refractivity contribution is 0.487. The fourth-order valence-corrected chi connectivity index (χ4v) is 1.13. The molecule has 0 atom stereocenters. The highest BCUT2D eigenvalue weighted by Crippen LogP contribution is 2.05. The third kappa shape index (κ3) is 2.86. The van der Waals surface area contributed by atoms with Gasteiger partial charge >= 0.3 is 0 Å². The Balaban J connectivity index is 2.41. The Hall–Kier alpha value is -0.500. The number of rotatable bonds is 4. The van der Waals surface area contributed by atoms with Crippen LogP contribution in [0.5, 0.6) is 0 Å². The summed E-state index contributed by atoms with van der Waals surface area (Å²) < 4.78 is 1.96. The molecule has 1 aromatic heterocycles. The molecule has 0 radical (unpaired) electrons. The molecule has 0 N–H and O–H groups in total. The van der Waals surface area contributed by atoms with Gasteiger partial charge in [-0.15, -0.1) is 11.6 Å². The van der Waals surface area contributed by atoms with Gasteiger partial charge in [0.2, 0.25) is 0 Å². The van der Waals surface area contributed by atoms with E-state index in [0.29, 0.717) is 5.88 Å². The number of aromatic nitrogens is 2. The molecule has 0 saturated heterocycles. The van der Waals surface area contributed by atoms with Gasteiger partial charge in [0.25, 0.3) is 0 Å². The summed E-state index contributed by atoms with van der Waals surface area (Å²) in [4.78, 5) is 0. The Morgan fingerprint density at radius 3 is 2.83 bits per heavy atom. The van der Waals surface area contributed by atoms with E-state index in [-0.39, 0.29) is 0 Å². The molecule has 12 heavy (non-hydrogen) atoms. The Kier molecular flexibility index (Phi) is 3.60. The van der Waals surface area contributed by atoms with Gasteiger partial charge in [0, 0.05) is 18.3 Å². The first-order valence-electron chi connectivity index (χ1n) is 4.29. The normalized spacial score (nSPS) is 11.0. The molecule has 0 aliphatic carbocycles. The molecule has 0 fully saturated rings. The number of alkyl halides is 1. The van der Waals surface area contributed by atoms with E-state index in [9.17, 15) is 0 Å². The summed E-state index contributed by atoms with van der Waals surface area (Å²) >= 11 is 5.65. The smallest absolute Gasteiger partial charge is 0.0533 e. The minimum Gasteiger partial charge on any atom is -0.272 e. The maximum Gasteiger partial charge on any atom is 0.0533 e. The van der Waals surface area contributed by atoms with Crippen LogP contribution in [-0.4, -0.2) is 9.78 Å². The lowest BCUT2D eigenvalue weighted by atomic mass is 10.1.